The molecule has 4 nitrogen and oxygen atoms in total. The van der Waals surface area contributed by atoms with Crippen molar-refractivity contribution in [1.82, 2.24) is 4.90 Å². The number of likely N-dealkylation sites (tertiary alicyclic amines) is 1. The van der Waals surface area contributed by atoms with Gasteiger partial charge >= 0.3 is 0 Å². The van der Waals surface area contributed by atoms with Crippen LogP contribution in [-0.2, 0) is 9.59 Å². The Morgan fingerprint density at radius 2 is 1.26 bits per heavy atom. The molecule has 1 amide bonds. The average Bonchev–Trinajstić information content (AvgIpc) is 2.87. The van der Waals surface area contributed by atoms with E-state index in [0.717, 1.165) is 11.1 Å². The predicted octanol–water partition coefficient (Wildman–Crippen LogP) is 6.31. The van der Waals surface area contributed by atoms with Crippen molar-refractivity contribution in [3.8, 4) is 0 Å². The second-order valence-electron chi connectivity index (χ2n) is 8.01. The number of hydrogen-bond donors (Lipinski definition) is 0. The van der Waals surface area contributed by atoms with Gasteiger partial charge in [-0.2, -0.15) is 0 Å². The van der Waals surface area contributed by atoms with E-state index in [1.807, 2.05) is 60.7 Å². The first-order chi connectivity index (χ1) is 16.9. The highest BCUT2D eigenvalue weighted by Crippen LogP contribution is 2.24. The second-order valence-corrected chi connectivity index (χ2v) is 8.82. The van der Waals surface area contributed by atoms with Crippen LogP contribution in [-0.4, -0.2) is 35.5 Å². The van der Waals surface area contributed by atoms with Crippen molar-refractivity contribution >= 4 is 52.8 Å². The molecule has 35 heavy (non-hydrogen) atoms. The fraction of sp³-hybridized carbons (Fsp3) is 0.0690. The molecule has 3 aromatic rings. The molecule has 0 unspecified atom stereocenters. The van der Waals surface area contributed by atoms with E-state index in [-0.39, 0.29) is 35.6 Å². The Bertz CT molecular complexity index is 1300. The summed E-state index contributed by atoms with van der Waals surface area (Å²) in [4.78, 5) is 40.3. The Labute approximate surface area is 213 Å². The lowest BCUT2D eigenvalue weighted by Crippen LogP contribution is -2.40. The van der Waals surface area contributed by atoms with Crippen molar-refractivity contribution in [3.63, 3.8) is 0 Å². The number of hydrogen-bond acceptors (Lipinski definition) is 3. The number of Topliss-reactive ketones (excluding diaryl/α,β-unsaturated/α-hetero) is 1. The summed E-state index contributed by atoms with van der Waals surface area (Å²) < 4.78 is 0. The zero-order valence-electron chi connectivity index (χ0n) is 18.7. The first-order valence-corrected chi connectivity index (χ1v) is 11.7. The first-order valence-electron chi connectivity index (χ1n) is 10.9. The van der Waals surface area contributed by atoms with E-state index in [2.05, 4.69) is 0 Å². The van der Waals surface area contributed by atoms with E-state index in [1.165, 1.54) is 24.3 Å². The molecule has 0 spiro atoms. The lowest BCUT2D eigenvalue weighted by Gasteiger charge is -2.29. The predicted molar refractivity (Wildman–Crippen MR) is 140 cm³/mol. The zero-order chi connectivity index (χ0) is 24.8. The minimum Gasteiger partial charge on any atom is -0.330 e. The molecule has 1 fully saturated rings. The van der Waals surface area contributed by atoms with E-state index in [0.29, 0.717) is 21.7 Å². The third kappa shape index (κ3) is 6.24. The number of rotatable bonds is 5. The molecule has 3 aromatic carbocycles. The molecule has 0 radical (unpaired) electrons. The van der Waals surface area contributed by atoms with Gasteiger partial charge in [-0.3, -0.25) is 14.4 Å². The van der Waals surface area contributed by atoms with Crippen molar-refractivity contribution in [2.45, 2.75) is 0 Å². The van der Waals surface area contributed by atoms with Crippen LogP contribution in [0.4, 0.5) is 0 Å². The topological polar surface area (TPSA) is 54.5 Å². The molecule has 1 aliphatic heterocycles. The number of nitrogens with zero attached hydrogens (tertiary/aromatic N) is 1. The van der Waals surface area contributed by atoms with Crippen molar-refractivity contribution in [2.24, 2.45) is 0 Å². The number of benzene rings is 3. The number of allylic oxidation sites excluding steroid dienone is 1. The van der Waals surface area contributed by atoms with Crippen LogP contribution in [0.15, 0.2) is 102 Å². The third-order valence-corrected chi connectivity index (χ3v) is 6.22. The van der Waals surface area contributed by atoms with E-state index in [1.54, 1.807) is 23.1 Å². The van der Waals surface area contributed by atoms with Crippen molar-refractivity contribution in [2.75, 3.05) is 13.1 Å². The van der Waals surface area contributed by atoms with Crippen LogP contribution in [0, 0.1) is 0 Å². The standard InChI is InChI=1S/C29H21Cl2NO3/c30-25-12-11-22(17-26(25)31)27(33)13-14-28(34)32-18-23(15-20-7-3-1-4-8-20)29(35)24(19-32)16-21-9-5-2-6-10-21/h1-17H,18-19H2. The fourth-order valence-corrected chi connectivity index (χ4v) is 3.99. The van der Waals surface area contributed by atoms with Gasteiger partial charge in [0.05, 0.1) is 23.1 Å². The number of ketones is 2. The first kappa shape index (κ1) is 24.4. The summed E-state index contributed by atoms with van der Waals surface area (Å²) in [6.07, 6.45) is 6.02. The summed E-state index contributed by atoms with van der Waals surface area (Å²) in [5.41, 5.74) is 3.07. The van der Waals surface area contributed by atoms with Gasteiger partial charge < -0.3 is 4.90 Å². The maximum Gasteiger partial charge on any atom is 0.247 e. The van der Waals surface area contributed by atoms with Crippen LogP contribution in [0.1, 0.15) is 21.5 Å². The SMILES string of the molecule is O=C1C(=Cc2ccccc2)CN(C(=O)C=CC(=O)c2ccc(Cl)c(Cl)c2)CC1=Cc1ccccc1. The molecule has 0 N–H and O–H groups in total. The summed E-state index contributed by atoms with van der Waals surface area (Å²) in [6.45, 7) is 0.286. The van der Waals surface area contributed by atoms with Crippen LogP contribution >= 0.6 is 23.2 Å². The number of amides is 1. The maximum absolute atomic E-state index is 13.2. The molecule has 0 aromatic heterocycles. The lowest BCUT2D eigenvalue weighted by atomic mass is 9.94. The number of carbonyl (C=O) groups excluding carboxylic acids is 3. The summed E-state index contributed by atoms with van der Waals surface area (Å²) in [6, 6.07) is 23.5. The monoisotopic (exact) mass is 501 g/mol. The minimum atomic E-state index is -0.371. The van der Waals surface area contributed by atoms with Crippen molar-refractivity contribution in [1.29, 1.82) is 0 Å². The van der Waals surface area contributed by atoms with E-state index < -0.39 is 0 Å². The molecule has 0 aliphatic carbocycles. The Kier molecular flexibility index (Phi) is 7.76. The fourth-order valence-electron chi connectivity index (χ4n) is 3.69. The van der Waals surface area contributed by atoms with Gasteiger partial charge in [0.25, 0.3) is 0 Å². The highest BCUT2D eigenvalue weighted by Gasteiger charge is 2.28. The Hall–Kier alpha value is -3.73. The third-order valence-electron chi connectivity index (χ3n) is 5.48. The van der Waals surface area contributed by atoms with Gasteiger partial charge in [-0.25, -0.2) is 0 Å². The van der Waals surface area contributed by atoms with E-state index in [4.69, 9.17) is 23.2 Å². The molecule has 1 saturated heterocycles. The molecular weight excluding hydrogens is 481 g/mol. The average molecular weight is 502 g/mol. The highest BCUT2D eigenvalue weighted by atomic mass is 35.5. The van der Waals surface area contributed by atoms with Gasteiger partial charge in [0.15, 0.2) is 11.6 Å². The second kappa shape index (κ2) is 11.1. The Morgan fingerprint density at radius 3 is 1.77 bits per heavy atom. The summed E-state index contributed by atoms with van der Waals surface area (Å²) in [7, 11) is 0. The van der Waals surface area contributed by atoms with Gasteiger partial charge in [-0.1, -0.05) is 83.9 Å². The Morgan fingerprint density at radius 1 is 0.714 bits per heavy atom. The van der Waals surface area contributed by atoms with Crippen LogP contribution in [0.25, 0.3) is 12.2 Å². The molecule has 0 saturated carbocycles. The van der Waals surface area contributed by atoms with E-state index >= 15 is 0 Å². The largest absolute Gasteiger partial charge is 0.330 e. The number of piperidine rings is 1. The summed E-state index contributed by atoms with van der Waals surface area (Å²) >= 11 is 11.9. The van der Waals surface area contributed by atoms with Gasteiger partial charge in [-0.05, 0) is 47.6 Å². The van der Waals surface area contributed by atoms with Gasteiger partial charge in [0.1, 0.15) is 0 Å². The van der Waals surface area contributed by atoms with Crippen LogP contribution in [0.3, 0.4) is 0 Å². The molecule has 4 rings (SSSR count). The van der Waals surface area contributed by atoms with E-state index in [9.17, 15) is 14.4 Å². The van der Waals surface area contributed by atoms with Gasteiger partial charge in [0.2, 0.25) is 5.91 Å². The van der Waals surface area contributed by atoms with Crippen LogP contribution in [0.5, 0.6) is 0 Å². The molecule has 6 heteroatoms. The smallest absolute Gasteiger partial charge is 0.247 e. The normalized spacial score (nSPS) is 16.3. The lowest BCUT2D eigenvalue weighted by molar-refractivity contribution is -0.126. The molecule has 0 atom stereocenters. The Balaban J connectivity index is 1.60. The molecular formula is C29H21Cl2NO3. The maximum atomic E-state index is 13.2. The van der Waals surface area contributed by atoms with Crippen molar-refractivity contribution < 1.29 is 14.4 Å². The van der Waals surface area contributed by atoms with Gasteiger partial charge in [-0.15, -0.1) is 0 Å². The highest BCUT2D eigenvalue weighted by molar-refractivity contribution is 6.42. The molecule has 1 aliphatic rings. The van der Waals surface area contributed by atoms with Crippen LogP contribution in [0.2, 0.25) is 10.0 Å². The summed E-state index contributed by atoms with van der Waals surface area (Å²) in [5, 5.41) is 0.606. The quantitative estimate of drug-likeness (QED) is 0.304. The number of carbonyl (C=O) groups is 3. The minimum absolute atomic E-state index is 0.0994. The van der Waals surface area contributed by atoms with Gasteiger partial charge in [0, 0.05) is 22.8 Å². The molecule has 0 bridgehead atoms. The van der Waals surface area contributed by atoms with Crippen molar-refractivity contribution in [3.05, 3.63) is 129 Å². The molecule has 174 valence electrons. The zero-order valence-corrected chi connectivity index (χ0v) is 20.2. The van der Waals surface area contributed by atoms with Crippen LogP contribution < -0.4 is 0 Å². The number of halogens is 2. The molecule has 1 heterocycles. The summed E-state index contributed by atoms with van der Waals surface area (Å²) in [5.74, 6) is -0.841.